The number of methoxy groups -OCH3 is 1. The Morgan fingerprint density at radius 2 is 1.75 bits per heavy atom. The van der Waals surface area contributed by atoms with Gasteiger partial charge in [0, 0.05) is 17.0 Å². The molecule has 5 nitrogen and oxygen atoms in total. The first-order valence-corrected chi connectivity index (χ1v) is 12.5. The molecular formula is C28H35Cl2FN2O3. The lowest BCUT2D eigenvalue weighted by Gasteiger charge is -2.26. The maximum Gasteiger partial charge on any atom is 0.324 e. The molecule has 196 valence electrons. The predicted molar refractivity (Wildman–Crippen MR) is 142 cm³/mol. The minimum absolute atomic E-state index is 0.0219. The second-order valence-electron chi connectivity index (χ2n) is 11.0. The number of nitrogens with zero attached hydrogens (tertiary/aromatic N) is 1. The largest absolute Gasteiger partial charge is 0.497 e. The van der Waals surface area contributed by atoms with Crippen LogP contribution in [0.5, 0.6) is 5.75 Å². The first kappa shape index (κ1) is 29.9. The van der Waals surface area contributed by atoms with Crippen molar-refractivity contribution in [3.05, 3.63) is 63.9 Å². The van der Waals surface area contributed by atoms with Crippen LogP contribution >= 0.6 is 23.2 Å². The predicted octanol–water partition coefficient (Wildman–Crippen LogP) is 7.17. The van der Waals surface area contributed by atoms with Crippen LogP contribution in [0, 0.1) is 28.5 Å². The van der Waals surface area contributed by atoms with Gasteiger partial charge in [-0.2, -0.15) is 5.26 Å². The molecule has 2 aromatic carbocycles. The Kier molecular flexibility index (Phi) is 10.2. The highest BCUT2D eigenvalue weighted by atomic mass is 35.5. The van der Waals surface area contributed by atoms with Crippen LogP contribution in [0.15, 0.2) is 42.5 Å². The zero-order valence-electron chi connectivity index (χ0n) is 21.9. The second-order valence-corrected chi connectivity index (χ2v) is 11.9. The highest BCUT2D eigenvalue weighted by molar-refractivity contribution is 6.31. The van der Waals surface area contributed by atoms with E-state index in [2.05, 4.69) is 32.2 Å². The quantitative estimate of drug-likeness (QED) is 0.419. The summed E-state index contributed by atoms with van der Waals surface area (Å²) in [5, 5.41) is 13.8. The summed E-state index contributed by atoms with van der Waals surface area (Å²) < 4.78 is 25.2. The molecule has 4 unspecified atom stereocenters. The van der Waals surface area contributed by atoms with Crippen molar-refractivity contribution in [3.63, 3.8) is 0 Å². The number of halogens is 3. The van der Waals surface area contributed by atoms with E-state index in [1.165, 1.54) is 6.07 Å². The number of ether oxygens (including phenoxy) is 2. The summed E-state index contributed by atoms with van der Waals surface area (Å²) in [6.07, 6.45) is 0.670. The highest BCUT2D eigenvalue weighted by Gasteiger charge is 2.50. The lowest BCUT2D eigenvalue weighted by atomic mass is 9.78. The van der Waals surface area contributed by atoms with Gasteiger partial charge >= 0.3 is 5.97 Å². The molecule has 8 heteroatoms. The third kappa shape index (κ3) is 8.37. The molecule has 36 heavy (non-hydrogen) atoms. The lowest BCUT2D eigenvalue weighted by Crippen LogP contribution is -2.42. The average molecular weight is 538 g/mol. The van der Waals surface area contributed by atoms with Crippen LogP contribution in [0.25, 0.3) is 0 Å². The van der Waals surface area contributed by atoms with Gasteiger partial charge in [-0.3, -0.25) is 10.1 Å². The maximum absolute atomic E-state index is 14.8. The summed E-state index contributed by atoms with van der Waals surface area (Å²) in [7, 11) is 1.62. The van der Waals surface area contributed by atoms with Gasteiger partial charge < -0.3 is 9.47 Å². The van der Waals surface area contributed by atoms with E-state index in [1.54, 1.807) is 46.1 Å². The highest BCUT2D eigenvalue weighted by Crippen LogP contribution is 2.42. The number of carbonyl (C=O) groups excluding carboxylic acids is 1. The molecule has 0 radical (unpaired) electrons. The van der Waals surface area contributed by atoms with Crippen LogP contribution < -0.4 is 10.1 Å². The third-order valence-electron chi connectivity index (χ3n) is 5.59. The van der Waals surface area contributed by atoms with Crippen molar-refractivity contribution in [2.75, 3.05) is 7.11 Å². The Bertz CT molecular complexity index is 1090. The maximum atomic E-state index is 14.8. The van der Waals surface area contributed by atoms with Gasteiger partial charge in [-0.05, 0) is 62.4 Å². The molecule has 1 saturated heterocycles. The molecule has 0 spiro atoms. The van der Waals surface area contributed by atoms with E-state index in [0.29, 0.717) is 11.4 Å². The van der Waals surface area contributed by atoms with Gasteiger partial charge in [-0.25, -0.2) is 4.39 Å². The van der Waals surface area contributed by atoms with Crippen molar-refractivity contribution < 1.29 is 18.7 Å². The summed E-state index contributed by atoms with van der Waals surface area (Å²) in [6, 6.07) is 13.2. The van der Waals surface area contributed by atoms with E-state index in [9.17, 15) is 14.4 Å². The number of esters is 1. The number of rotatable bonds is 4. The van der Waals surface area contributed by atoms with Gasteiger partial charge in [0.2, 0.25) is 0 Å². The molecule has 1 aliphatic rings. The van der Waals surface area contributed by atoms with Crippen LogP contribution in [-0.4, -0.2) is 30.8 Å². The van der Waals surface area contributed by atoms with Crippen molar-refractivity contribution in [1.82, 2.24) is 5.32 Å². The minimum atomic E-state index is -0.811. The van der Waals surface area contributed by atoms with Gasteiger partial charge in [-0.15, -0.1) is 0 Å². The van der Waals surface area contributed by atoms with Crippen molar-refractivity contribution >= 4 is 29.2 Å². The molecule has 0 aromatic heterocycles. The Morgan fingerprint density at radius 1 is 1.11 bits per heavy atom. The normalized spacial score (nSPS) is 21.7. The molecule has 1 heterocycles. The summed E-state index contributed by atoms with van der Waals surface area (Å²) in [6.45, 7) is 11.5. The Balaban J connectivity index is 0.000000425. The molecule has 0 aliphatic carbocycles. The molecular weight excluding hydrogens is 502 g/mol. The SMILES string of the molecule is CC(C)(C)CC1NC(C(=O)OC(C)(C)C)C(c2cccc(Cl)c2F)C1C#N.COc1cccc(Cl)c1. The fourth-order valence-electron chi connectivity index (χ4n) is 4.24. The van der Waals surface area contributed by atoms with Gasteiger partial charge in [-0.1, -0.05) is 62.2 Å². The zero-order chi connectivity index (χ0) is 27.3. The fraction of sp³-hybridized carbons (Fsp3) is 0.500. The first-order chi connectivity index (χ1) is 16.7. The number of carbonyl (C=O) groups is 1. The van der Waals surface area contributed by atoms with Crippen LogP contribution in [0.3, 0.4) is 0 Å². The molecule has 0 saturated carbocycles. The summed E-state index contributed by atoms with van der Waals surface area (Å²) in [4.78, 5) is 12.9. The molecule has 1 fully saturated rings. The molecule has 2 aromatic rings. The minimum Gasteiger partial charge on any atom is -0.497 e. The van der Waals surface area contributed by atoms with Crippen LogP contribution in [0.2, 0.25) is 10.0 Å². The smallest absolute Gasteiger partial charge is 0.324 e. The van der Waals surface area contributed by atoms with Crippen LogP contribution in [0.4, 0.5) is 4.39 Å². The van der Waals surface area contributed by atoms with E-state index >= 15 is 0 Å². The second kappa shape index (κ2) is 12.3. The van der Waals surface area contributed by atoms with Gasteiger partial charge in [0.1, 0.15) is 23.2 Å². The van der Waals surface area contributed by atoms with Crippen LogP contribution in [0.1, 0.15) is 59.4 Å². The molecule has 4 atom stereocenters. The first-order valence-electron chi connectivity index (χ1n) is 11.8. The van der Waals surface area contributed by atoms with E-state index in [1.807, 2.05) is 18.2 Å². The van der Waals surface area contributed by atoms with Gasteiger partial charge in [0.15, 0.2) is 0 Å². The van der Waals surface area contributed by atoms with E-state index < -0.39 is 35.3 Å². The average Bonchev–Trinajstić information content (AvgIpc) is 3.11. The summed E-state index contributed by atoms with van der Waals surface area (Å²) >= 11 is 11.6. The number of nitriles is 1. The topological polar surface area (TPSA) is 71.3 Å². The van der Waals surface area contributed by atoms with Crippen molar-refractivity contribution in [2.24, 2.45) is 11.3 Å². The van der Waals surface area contributed by atoms with E-state index in [0.717, 1.165) is 5.75 Å². The number of hydrogen-bond acceptors (Lipinski definition) is 5. The molecule has 1 N–H and O–H groups in total. The van der Waals surface area contributed by atoms with Crippen LogP contribution in [-0.2, 0) is 9.53 Å². The zero-order valence-corrected chi connectivity index (χ0v) is 23.4. The standard InChI is InChI=1S/C21H28ClFN2O2.C7H7ClO/c1-20(2,3)10-15-13(11-24)16(12-8-7-9-14(22)17(12)23)18(25-15)19(26)27-21(4,5)6;1-9-7-4-2-3-6(8)5-7/h7-9,13,15-16,18,25H,10H2,1-6H3;2-5H,1H3. The Morgan fingerprint density at radius 3 is 2.25 bits per heavy atom. The van der Waals surface area contributed by atoms with Crippen molar-refractivity contribution in [3.8, 4) is 11.8 Å². The molecule has 0 bridgehead atoms. The van der Waals surface area contributed by atoms with E-state index in [-0.39, 0.29) is 22.0 Å². The van der Waals surface area contributed by atoms with E-state index in [4.69, 9.17) is 32.7 Å². The number of hydrogen-bond donors (Lipinski definition) is 1. The molecule has 1 aliphatic heterocycles. The number of benzene rings is 2. The van der Waals surface area contributed by atoms with Crippen molar-refractivity contribution in [1.29, 1.82) is 5.26 Å². The summed E-state index contributed by atoms with van der Waals surface area (Å²) in [5.74, 6) is -1.52. The molecule has 3 rings (SSSR count). The number of nitrogens with one attached hydrogen (secondary N) is 1. The third-order valence-corrected chi connectivity index (χ3v) is 6.11. The Labute approximate surface area is 223 Å². The van der Waals surface area contributed by atoms with Gasteiger partial charge in [0.05, 0.1) is 24.1 Å². The van der Waals surface area contributed by atoms with Gasteiger partial charge in [0.25, 0.3) is 0 Å². The monoisotopic (exact) mass is 536 g/mol. The Hall–Kier alpha value is -2.33. The lowest BCUT2D eigenvalue weighted by molar-refractivity contribution is -0.157. The molecule has 0 amide bonds. The summed E-state index contributed by atoms with van der Waals surface area (Å²) in [5.41, 5.74) is -0.471. The van der Waals surface area contributed by atoms with Crippen molar-refractivity contribution in [2.45, 2.75) is 71.6 Å². The fourth-order valence-corrected chi connectivity index (χ4v) is 4.60.